The number of pyridine rings is 1. The van der Waals surface area contributed by atoms with E-state index in [9.17, 15) is 9.59 Å². The summed E-state index contributed by atoms with van der Waals surface area (Å²) in [6, 6.07) is 12.4. The molecule has 0 N–H and O–H groups in total. The van der Waals surface area contributed by atoms with Gasteiger partial charge in [0.15, 0.2) is 5.82 Å². The Morgan fingerprint density at radius 1 is 0.893 bits per heavy atom. The van der Waals surface area contributed by atoms with Gasteiger partial charge < -0.3 is 9.80 Å². The molecule has 28 heavy (non-hydrogen) atoms. The molecular weight excluding hydrogens is 358 g/mol. The number of nitrogens with zero attached hydrogens (tertiary/aromatic N) is 7. The first-order chi connectivity index (χ1) is 13.7. The smallest absolute Gasteiger partial charge is 0.267 e. The van der Waals surface area contributed by atoms with Crippen LogP contribution in [0.4, 0.5) is 5.82 Å². The fourth-order valence-corrected chi connectivity index (χ4v) is 3.06. The average molecular weight is 377 g/mol. The van der Waals surface area contributed by atoms with Crippen LogP contribution >= 0.6 is 0 Å². The molecule has 0 aromatic carbocycles. The Morgan fingerprint density at radius 3 is 2.43 bits per heavy atom. The molecule has 9 nitrogen and oxygen atoms in total. The van der Waals surface area contributed by atoms with Crippen LogP contribution in [0.3, 0.4) is 0 Å². The van der Waals surface area contributed by atoms with Crippen molar-refractivity contribution in [2.45, 2.75) is 6.54 Å². The molecule has 1 amide bonds. The Morgan fingerprint density at radius 2 is 1.75 bits per heavy atom. The molecule has 0 aliphatic carbocycles. The number of aromatic nitrogens is 5. The normalized spacial score (nSPS) is 14.1. The topological polar surface area (TPSA) is 97.1 Å². The van der Waals surface area contributed by atoms with Crippen LogP contribution < -0.4 is 10.5 Å². The molecule has 1 aliphatic rings. The average Bonchev–Trinajstić information content (AvgIpc) is 2.76. The fourth-order valence-electron chi connectivity index (χ4n) is 3.06. The van der Waals surface area contributed by atoms with E-state index in [0.717, 1.165) is 17.2 Å². The van der Waals surface area contributed by atoms with Gasteiger partial charge in [-0.3, -0.25) is 14.6 Å². The van der Waals surface area contributed by atoms with E-state index < -0.39 is 0 Å². The predicted octanol–water partition coefficient (Wildman–Crippen LogP) is 0.444. The maximum atomic E-state index is 12.4. The largest absolute Gasteiger partial charge is 0.352 e. The fraction of sp³-hybridized carbons (Fsp3) is 0.263. The van der Waals surface area contributed by atoms with Crippen LogP contribution in [0.2, 0.25) is 0 Å². The molecule has 1 aliphatic heterocycles. The number of piperazine rings is 1. The number of anilines is 1. The van der Waals surface area contributed by atoms with Crippen LogP contribution in [0.5, 0.6) is 0 Å². The molecule has 0 unspecified atom stereocenters. The number of rotatable bonds is 4. The first-order valence-corrected chi connectivity index (χ1v) is 9.01. The Balaban J connectivity index is 1.35. The SMILES string of the molecule is O=C(Cn1ncccc1=O)N1CCN(c2ccc(-c3ccccn3)nn2)CC1. The summed E-state index contributed by atoms with van der Waals surface area (Å²) in [6.45, 7) is 2.38. The second-order valence-corrected chi connectivity index (χ2v) is 6.38. The van der Waals surface area contributed by atoms with Gasteiger partial charge in [0.2, 0.25) is 5.91 Å². The number of carbonyl (C=O) groups is 1. The summed E-state index contributed by atoms with van der Waals surface area (Å²) in [7, 11) is 0. The molecule has 3 aromatic heterocycles. The molecule has 4 rings (SSSR count). The minimum Gasteiger partial charge on any atom is -0.352 e. The molecule has 0 spiro atoms. The third-order valence-corrected chi connectivity index (χ3v) is 4.60. The van der Waals surface area contributed by atoms with E-state index in [1.165, 1.54) is 16.9 Å². The number of hydrogen-bond acceptors (Lipinski definition) is 7. The lowest BCUT2D eigenvalue weighted by molar-refractivity contribution is -0.132. The highest BCUT2D eigenvalue weighted by molar-refractivity contribution is 5.76. The van der Waals surface area contributed by atoms with Gasteiger partial charge in [-0.2, -0.15) is 5.10 Å². The summed E-state index contributed by atoms with van der Waals surface area (Å²) in [5, 5.41) is 12.5. The first-order valence-electron chi connectivity index (χ1n) is 9.01. The van der Waals surface area contributed by atoms with E-state index in [0.29, 0.717) is 26.2 Å². The zero-order valence-electron chi connectivity index (χ0n) is 15.2. The third-order valence-electron chi connectivity index (χ3n) is 4.60. The minimum atomic E-state index is -0.280. The summed E-state index contributed by atoms with van der Waals surface area (Å²) < 4.78 is 1.18. The monoisotopic (exact) mass is 377 g/mol. The summed E-state index contributed by atoms with van der Waals surface area (Å²) in [5.74, 6) is 0.657. The third kappa shape index (κ3) is 3.88. The van der Waals surface area contributed by atoms with Gasteiger partial charge in [0.05, 0.1) is 5.69 Å². The first kappa shape index (κ1) is 17.8. The highest BCUT2D eigenvalue weighted by atomic mass is 16.2. The lowest BCUT2D eigenvalue weighted by atomic mass is 10.2. The highest BCUT2D eigenvalue weighted by Crippen LogP contribution is 2.17. The zero-order chi connectivity index (χ0) is 19.3. The van der Waals surface area contributed by atoms with Crippen LogP contribution in [-0.2, 0) is 11.3 Å². The van der Waals surface area contributed by atoms with E-state index in [1.807, 2.05) is 30.3 Å². The molecule has 1 saturated heterocycles. The second kappa shape index (κ2) is 7.95. The molecule has 3 aromatic rings. The van der Waals surface area contributed by atoms with Gasteiger partial charge in [0, 0.05) is 44.6 Å². The van der Waals surface area contributed by atoms with Gasteiger partial charge in [-0.1, -0.05) is 6.07 Å². The summed E-state index contributed by atoms with van der Waals surface area (Å²) in [4.78, 5) is 32.2. The van der Waals surface area contributed by atoms with Gasteiger partial charge in [-0.05, 0) is 30.3 Å². The Hall–Kier alpha value is -3.62. The van der Waals surface area contributed by atoms with Crippen molar-refractivity contribution in [2.75, 3.05) is 31.1 Å². The summed E-state index contributed by atoms with van der Waals surface area (Å²) in [6.07, 6.45) is 3.22. The van der Waals surface area contributed by atoms with Crippen LogP contribution in [0.1, 0.15) is 0 Å². The molecular formula is C19H19N7O2. The van der Waals surface area contributed by atoms with Crippen molar-refractivity contribution < 1.29 is 4.79 Å². The quantitative estimate of drug-likeness (QED) is 0.651. The van der Waals surface area contributed by atoms with Gasteiger partial charge in [-0.15, -0.1) is 10.2 Å². The second-order valence-electron chi connectivity index (χ2n) is 6.38. The minimum absolute atomic E-state index is 0.0434. The molecule has 0 bridgehead atoms. The van der Waals surface area contributed by atoms with Crippen molar-refractivity contribution in [3.63, 3.8) is 0 Å². The molecule has 0 saturated carbocycles. The van der Waals surface area contributed by atoms with Gasteiger partial charge >= 0.3 is 0 Å². The molecule has 4 heterocycles. The van der Waals surface area contributed by atoms with Crippen molar-refractivity contribution in [1.82, 2.24) is 29.9 Å². The lowest BCUT2D eigenvalue weighted by Gasteiger charge is -2.35. The number of carbonyl (C=O) groups excluding carboxylic acids is 1. The van der Waals surface area contributed by atoms with Crippen molar-refractivity contribution >= 4 is 11.7 Å². The predicted molar refractivity (Wildman–Crippen MR) is 103 cm³/mol. The highest BCUT2D eigenvalue weighted by Gasteiger charge is 2.22. The van der Waals surface area contributed by atoms with Crippen LogP contribution in [0.15, 0.2) is 59.7 Å². The maximum Gasteiger partial charge on any atom is 0.267 e. The Labute approximate surface area is 161 Å². The molecule has 142 valence electrons. The van der Waals surface area contributed by atoms with Crippen LogP contribution in [-0.4, -0.2) is 61.9 Å². The molecule has 9 heteroatoms. The molecule has 0 atom stereocenters. The maximum absolute atomic E-state index is 12.4. The zero-order valence-corrected chi connectivity index (χ0v) is 15.2. The lowest BCUT2D eigenvalue weighted by Crippen LogP contribution is -2.50. The van der Waals surface area contributed by atoms with E-state index in [4.69, 9.17) is 0 Å². The summed E-state index contributed by atoms with van der Waals surface area (Å²) in [5.41, 5.74) is 1.22. The number of hydrogen-bond donors (Lipinski definition) is 0. The van der Waals surface area contributed by atoms with E-state index in [2.05, 4.69) is 25.2 Å². The van der Waals surface area contributed by atoms with Gasteiger partial charge in [-0.25, -0.2) is 4.68 Å². The Kier molecular flexibility index (Phi) is 5.05. The van der Waals surface area contributed by atoms with Gasteiger partial charge in [0.25, 0.3) is 5.56 Å². The number of amides is 1. The van der Waals surface area contributed by atoms with E-state index in [1.54, 1.807) is 17.2 Å². The van der Waals surface area contributed by atoms with E-state index >= 15 is 0 Å². The van der Waals surface area contributed by atoms with E-state index in [-0.39, 0.29) is 18.0 Å². The van der Waals surface area contributed by atoms with Crippen molar-refractivity contribution in [2.24, 2.45) is 0 Å². The molecule has 1 fully saturated rings. The molecule has 0 radical (unpaired) electrons. The van der Waals surface area contributed by atoms with Crippen molar-refractivity contribution in [1.29, 1.82) is 0 Å². The van der Waals surface area contributed by atoms with Crippen LogP contribution in [0.25, 0.3) is 11.4 Å². The Bertz CT molecular complexity index is 997. The van der Waals surface area contributed by atoms with Gasteiger partial charge in [0.1, 0.15) is 12.2 Å². The van der Waals surface area contributed by atoms with Crippen molar-refractivity contribution in [3.05, 3.63) is 65.2 Å². The summed E-state index contributed by atoms with van der Waals surface area (Å²) >= 11 is 0. The standard InChI is InChI=1S/C19H19N7O2/c27-18-5-3-9-21-26(18)14-19(28)25-12-10-24(11-13-25)17-7-6-16(22-23-17)15-4-1-2-8-20-15/h1-9H,10-14H2. The van der Waals surface area contributed by atoms with Crippen molar-refractivity contribution in [3.8, 4) is 11.4 Å². The van der Waals surface area contributed by atoms with Crippen LogP contribution in [0, 0.1) is 0 Å².